The van der Waals surface area contributed by atoms with E-state index in [1.54, 1.807) is 0 Å². The van der Waals surface area contributed by atoms with E-state index in [0.717, 1.165) is 23.1 Å². The first-order valence-corrected chi connectivity index (χ1v) is 6.84. The van der Waals surface area contributed by atoms with Crippen LogP contribution in [0.15, 0.2) is 30.5 Å². The van der Waals surface area contributed by atoms with Crippen LogP contribution in [0, 0.1) is 11.3 Å². The summed E-state index contributed by atoms with van der Waals surface area (Å²) in [6, 6.07) is 7.49. The molecule has 1 fully saturated rings. The van der Waals surface area contributed by atoms with Crippen LogP contribution in [0.3, 0.4) is 0 Å². The van der Waals surface area contributed by atoms with Crippen molar-refractivity contribution >= 4 is 22.6 Å². The summed E-state index contributed by atoms with van der Waals surface area (Å²) in [5.41, 5.74) is 0.669. The number of hydrogen-bond acceptors (Lipinski definition) is 3. The van der Waals surface area contributed by atoms with Gasteiger partial charge >= 0.3 is 5.97 Å². The molecule has 20 heavy (non-hydrogen) atoms. The van der Waals surface area contributed by atoms with Gasteiger partial charge in [0, 0.05) is 23.5 Å². The first-order valence-electron chi connectivity index (χ1n) is 6.84. The molecule has 1 aromatic heterocycles. The minimum absolute atomic E-state index is 0.248. The van der Waals surface area contributed by atoms with Gasteiger partial charge in [-0.1, -0.05) is 38.1 Å². The molecule has 104 valence electrons. The Labute approximate surface area is 117 Å². The number of rotatable bonds is 4. The highest BCUT2D eigenvalue weighted by atomic mass is 16.4. The highest BCUT2D eigenvalue weighted by Crippen LogP contribution is 2.51. The van der Waals surface area contributed by atoms with Crippen molar-refractivity contribution in [3.8, 4) is 0 Å². The van der Waals surface area contributed by atoms with Crippen molar-refractivity contribution in [1.29, 1.82) is 0 Å². The number of fused-ring (bicyclic) bond motifs is 1. The minimum atomic E-state index is -0.941. The molecular weight excluding hydrogens is 252 g/mol. The zero-order valence-electron chi connectivity index (χ0n) is 11.7. The molecule has 0 radical (unpaired) electrons. The number of carboxylic acids is 1. The van der Waals surface area contributed by atoms with E-state index >= 15 is 0 Å². The number of pyridine rings is 1. The number of carbonyl (C=O) groups is 1. The summed E-state index contributed by atoms with van der Waals surface area (Å²) in [7, 11) is 0. The SMILES string of the molecule is CC1(C)CC1CNc1ncc(C(=O)O)c2ccccc12. The highest BCUT2D eigenvalue weighted by molar-refractivity contribution is 6.06. The lowest BCUT2D eigenvalue weighted by molar-refractivity contribution is 0.0698. The van der Waals surface area contributed by atoms with E-state index in [2.05, 4.69) is 24.1 Å². The van der Waals surface area contributed by atoms with Crippen LogP contribution in [-0.2, 0) is 0 Å². The average Bonchev–Trinajstić information content (AvgIpc) is 3.03. The van der Waals surface area contributed by atoms with E-state index in [4.69, 9.17) is 0 Å². The Balaban J connectivity index is 1.92. The smallest absolute Gasteiger partial charge is 0.337 e. The average molecular weight is 270 g/mol. The van der Waals surface area contributed by atoms with Gasteiger partial charge in [0.15, 0.2) is 0 Å². The number of nitrogens with zero attached hydrogens (tertiary/aromatic N) is 1. The second kappa shape index (κ2) is 4.47. The van der Waals surface area contributed by atoms with Gasteiger partial charge in [-0.25, -0.2) is 9.78 Å². The molecule has 2 N–H and O–H groups in total. The van der Waals surface area contributed by atoms with Crippen molar-refractivity contribution in [2.24, 2.45) is 11.3 Å². The first-order chi connectivity index (χ1) is 9.49. The fourth-order valence-corrected chi connectivity index (χ4v) is 2.65. The third-order valence-corrected chi connectivity index (χ3v) is 4.26. The largest absolute Gasteiger partial charge is 0.478 e. The van der Waals surface area contributed by atoms with E-state index in [1.165, 1.54) is 12.6 Å². The number of hydrogen-bond donors (Lipinski definition) is 2. The summed E-state index contributed by atoms with van der Waals surface area (Å²) in [5, 5.41) is 14.2. The fourth-order valence-electron chi connectivity index (χ4n) is 2.65. The van der Waals surface area contributed by atoms with Crippen LogP contribution >= 0.6 is 0 Å². The van der Waals surface area contributed by atoms with Gasteiger partial charge in [-0.2, -0.15) is 0 Å². The molecular formula is C16H18N2O2. The molecule has 1 aliphatic rings. The number of anilines is 1. The Bertz CT molecular complexity index is 679. The predicted molar refractivity (Wildman–Crippen MR) is 79.1 cm³/mol. The van der Waals surface area contributed by atoms with Gasteiger partial charge in [0.25, 0.3) is 0 Å². The standard InChI is InChI=1S/C16H18N2O2/c1-16(2)7-10(16)8-17-14-12-6-4-3-5-11(12)13(9-18-14)15(19)20/h3-6,9-10H,7-8H2,1-2H3,(H,17,18)(H,19,20). The van der Waals surface area contributed by atoms with Crippen molar-refractivity contribution < 1.29 is 9.90 Å². The maximum Gasteiger partial charge on any atom is 0.337 e. The van der Waals surface area contributed by atoms with Gasteiger partial charge in [0.1, 0.15) is 5.82 Å². The van der Waals surface area contributed by atoms with Crippen molar-refractivity contribution in [1.82, 2.24) is 4.98 Å². The van der Waals surface area contributed by atoms with E-state index in [9.17, 15) is 9.90 Å². The van der Waals surface area contributed by atoms with E-state index in [-0.39, 0.29) is 5.56 Å². The lowest BCUT2D eigenvalue weighted by Gasteiger charge is -2.11. The topological polar surface area (TPSA) is 62.2 Å². The lowest BCUT2D eigenvalue weighted by atomic mass is 10.1. The van der Waals surface area contributed by atoms with E-state index in [0.29, 0.717) is 11.3 Å². The summed E-state index contributed by atoms with van der Waals surface area (Å²) < 4.78 is 0. The number of nitrogens with one attached hydrogen (secondary N) is 1. The van der Waals surface area contributed by atoms with Crippen LogP contribution < -0.4 is 5.32 Å². The van der Waals surface area contributed by atoms with Crippen LogP contribution in [0.25, 0.3) is 10.8 Å². The second-order valence-electron chi connectivity index (χ2n) is 6.14. The Morgan fingerprint density at radius 3 is 2.65 bits per heavy atom. The fraction of sp³-hybridized carbons (Fsp3) is 0.375. The maximum absolute atomic E-state index is 11.2. The molecule has 0 amide bonds. The summed E-state index contributed by atoms with van der Waals surface area (Å²) in [6.07, 6.45) is 2.66. The zero-order chi connectivity index (χ0) is 14.3. The van der Waals surface area contributed by atoms with Crippen LogP contribution in [0.2, 0.25) is 0 Å². The quantitative estimate of drug-likeness (QED) is 0.894. The van der Waals surface area contributed by atoms with Gasteiger partial charge in [-0.3, -0.25) is 0 Å². The Morgan fingerprint density at radius 2 is 2.05 bits per heavy atom. The Morgan fingerprint density at radius 1 is 1.40 bits per heavy atom. The molecule has 4 nitrogen and oxygen atoms in total. The number of aromatic carboxylic acids is 1. The number of carboxylic acid groups (broad SMARTS) is 1. The first kappa shape index (κ1) is 12.9. The van der Waals surface area contributed by atoms with Crippen molar-refractivity contribution in [2.45, 2.75) is 20.3 Å². The molecule has 1 atom stereocenters. The zero-order valence-corrected chi connectivity index (χ0v) is 11.7. The molecule has 1 heterocycles. The van der Waals surface area contributed by atoms with Crippen LogP contribution in [-0.4, -0.2) is 22.6 Å². The highest BCUT2D eigenvalue weighted by Gasteiger charge is 2.45. The molecule has 0 spiro atoms. The van der Waals surface area contributed by atoms with Crippen LogP contribution in [0.4, 0.5) is 5.82 Å². The predicted octanol–water partition coefficient (Wildman–Crippen LogP) is 3.39. The third kappa shape index (κ3) is 2.22. The number of benzene rings is 1. The Hall–Kier alpha value is -2.10. The summed E-state index contributed by atoms with van der Waals surface area (Å²) in [6.45, 7) is 5.41. The molecule has 1 unspecified atom stereocenters. The van der Waals surface area contributed by atoms with Crippen LogP contribution in [0.1, 0.15) is 30.6 Å². The third-order valence-electron chi connectivity index (χ3n) is 4.26. The van der Waals surface area contributed by atoms with Crippen molar-refractivity contribution in [2.75, 3.05) is 11.9 Å². The van der Waals surface area contributed by atoms with Gasteiger partial charge in [0.2, 0.25) is 0 Å². The van der Waals surface area contributed by atoms with Crippen molar-refractivity contribution in [3.63, 3.8) is 0 Å². The molecule has 1 aliphatic carbocycles. The maximum atomic E-state index is 11.2. The molecule has 1 saturated carbocycles. The van der Waals surface area contributed by atoms with Crippen LogP contribution in [0.5, 0.6) is 0 Å². The van der Waals surface area contributed by atoms with Crippen molar-refractivity contribution in [3.05, 3.63) is 36.0 Å². The second-order valence-corrected chi connectivity index (χ2v) is 6.14. The molecule has 0 saturated heterocycles. The van der Waals surface area contributed by atoms with Gasteiger partial charge in [-0.05, 0) is 17.8 Å². The number of aromatic nitrogens is 1. The molecule has 0 aliphatic heterocycles. The molecule has 3 rings (SSSR count). The Kier molecular flexibility index (Phi) is 2.89. The van der Waals surface area contributed by atoms with Gasteiger partial charge in [0.05, 0.1) is 5.56 Å². The summed E-state index contributed by atoms with van der Waals surface area (Å²) in [5.74, 6) is 0.499. The molecule has 4 heteroatoms. The monoisotopic (exact) mass is 270 g/mol. The van der Waals surface area contributed by atoms with Gasteiger partial charge < -0.3 is 10.4 Å². The van der Waals surface area contributed by atoms with E-state index in [1.807, 2.05) is 24.3 Å². The van der Waals surface area contributed by atoms with Gasteiger partial charge in [-0.15, -0.1) is 0 Å². The molecule has 1 aromatic carbocycles. The summed E-state index contributed by atoms with van der Waals surface area (Å²) >= 11 is 0. The lowest BCUT2D eigenvalue weighted by Crippen LogP contribution is -2.10. The molecule has 2 aromatic rings. The molecule has 0 bridgehead atoms. The summed E-state index contributed by atoms with van der Waals surface area (Å²) in [4.78, 5) is 15.5. The minimum Gasteiger partial charge on any atom is -0.478 e. The van der Waals surface area contributed by atoms with E-state index < -0.39 is 5.97 Å². The normalized spacial score (nSPS) is 19.8.